The molecule has 0 amide bonds. The highest BCUT2D eigenvalue weighted by molar-refractivity contribution is 5.87. The number of allylic oxidation sites excluding steroid dienone is 3. The minimum absolute atomic E-state index is 0.0238. The van der Waals surface area contributed by atoms with Gasteiger partial charge in [-0.15, -0.1) is 10.8 Å². The fourth-order valence-electron chi connectivity index (χ4n) is 2.85. The zero-order chi connectivity index (χ0) is 17.1. The van der Waals surface area contributed by atoms with E-state index in [9.17, 15) is 5.11 Å². The van der Waals surface area contributed by atoms with Gasteiger partial charge in [-0.3, -0.25) is 0 Å². The van der Waals surface area contributed by atoms with Crippen molar-refractivity contribution in [3.63, 3.8) is 0 Å². The standard InChI is InChI=1S/C20H17N3O2/c24-13-17-10-19(9-16-7-3-4-8-20(16)17)25-14-18-12-23(22-21-18)11-15-5-1-2-6-15/h1-5,7-10,12,24H,11,13-14H2. The lowest BCUT2D eigenvalue weighted by Crippen LogP contribution is -1.99. The van der Waals surface area contributed by atoms with Crippen molar-refractivity contribution in [3.8, 4) is 5.75 Å². The molecule has 0 fully saturated rings. The SMILES string of the molecule is OCc1cc(OCc2cn(CC3=C=CC=C3)nn2)cc2ccccc12. The van der Waals surface area contributed by atoms with Crippen molar-refractivity contribution in [2.24, 2.45) is 0 Å². The summed E-state index contributed by atoms with van der Waals surface area (Å²) in [6.07, 6.45) is 7.71. The molecule has 0 atom stereocenters. The van der Waals surface area contributed by atoms with Crippen molar-refractivity contribution in [2.45, 2.75) is 19.8 Å². The molecule has 25 heavy (non-hydrogen) atoms. The molecule has 124 valence electrons. The Kier molecular flexibility index (Phi) is 4.17. The van der Waals surface area contributed by atoms with Gasteiger partial charge in [0.1, 0.15) is 18.1 Å². The van der Waals surface area contributed by atoms with E-state index >= 15 is 0 Å². The van der Waals surface area contributed by atoms with E-state index in [-0.39, 0.29) is 6.61 Å². The van der Waals surface area contributed by atoms with Gasteiger partial charge in [0.15, 0.2) is 0 Å². The summed E-state index contributed by atoms with van der Waals surface area (Å²) < 4.78 is 7.62. The second-order valence-electron chi connectivity index (χ2n) is 5.85. The van der Waals surface area contributed by atoms with Crippen LogP contribution >= 0.6 is 0 Å². The molecule has 0 unspecified atom stereocenters. The first-order valence-corrected chi connectivity index (χ1v) is 8.08. The number of aromatic nitrogens is 3. The molecule has 0 saturated carbocycles. The quantitative estimate of drug-likeness (QED) is 0.705. The lowest BCUT2D eigenvalue weighted by atomic mass is 10.0. The average Bonchev–Trinajstić information content (AvgIpc) is 3.31. The maximum Gasteiger partial charge on any atom is 0.134 e. The number of rotatable bonds is 6. The number of fused-ring (bicyclic) bond motifs is 1. The lowest BCUT2D eigenvalue weighted by Gasteiger charge is -2.09. The minimum Gasteiger partial charge on any atom is -0.487 e. The number of hydrogen-bond donors (Lipinski definition) is 1. The Morgan fingerprint density at radius 3 is 2.96 bits per heavy atom. The Morgan fingerprint density at radius 2 is 2.12 bits per heavy atom. The van der Waals surface area contributed by atoms with E-state index in [1.807, 2.05) is 60.8 Å². The predicted octanol–water partition coefficient (Wildman–Crippen LogP) is 3.15. The highest BCUT2D eigenvalue weighted by Gasteiger charge is 2.07. The van der Waals surface area contributed by atoms with Crippen LogP contribution in [0.1, 0.15) is 11.3 Å². The summed E-state index contributed by atoms with van der Waals surface area (Å²) in [5, 5.41) is 19.9. The Morgan fingerprint density at radius 1 is 1.20 bits per heavy atom. The molecule has 2 aromatic carbocycles. The third-order valence-corrected chi connectivity index (χ3v) is 4.06. The van der Waals surface area contributed by atoms with E-state index in [2.05, 4.69) is 16.0 Å². The van der Waals surface area contributed by atoms with Gasteiger partial charge in [-0.25, -0.2) is 4.68 Å². The predicted molar refractivity (Wildman–Crippen MR) is 95.0 cm³/mol. The molecular formula is C20H17N3O2. The number of benzene rings is 2. The first-order chi connectivity index (χ1) is 12.3. The van der Waals surface area contributed by atoms with Crippen LogP contribution in [0.15, 0.2) is 72.1 Å². The van der Waals surface area contributed by atoms with Crippen molar-refractivity contribution >= 4 is 10.8 Å². The van der Waals surface area contributed by atoms with Gasteiger partial charge in [0.05, 0.1) is 19.3 Å². The van der Waals surface area contributed by atoms with Gasteiger partial charge in [0, 0.05) is 5.57 Å². The molecule has 3 aromatic rings. The molecule has 1 heterocycles. The summed E-state index contributed by atoms with van der Waals surface area (Å²) in [5.74, 6) is 0.710. The zero-order valence-electron chi connectivity index (χ0n) is 13.6. The van der Waals surface area contributed by atoms with E-state index < -0.39 is 0 Å². The first kappa shape index (κ1) is 15.4. The van der Waals surface area contributed by atoms with E-state index in [4.69, 9.17) is 4.74 Å². The summed E-state index contributed by atoms with van der Waals surface area (Å²) in [6, 6.07) is 11.8. The monoisotopic (exact) mass is 331 g/mol. The first-order valence-electron chi connectivity index (χ1n) is 8.08. The van der Waals surface area contributed by atoms with Gasteiger partial charge in [-0.2, -0.15) is 0 Å². The molecule has 1 aliphatic rings. The number of aliphatic hydroxyl groups excluding tert-OH is 1. The number of aliphatic hydroxyl groups is 1. The molecule has 1 aliphatic carbocycles. The van der Waals surface area contributed by atoms with E-state index in [0.717, 1.165) is 27.6 Å². The summed E-state index contributed by atoms with van der Waals surface area (Å²) >= 11 is 0. The Balaban J connectivity index is 1.48. The molecule has 0 radical (unpaired) electrons. The molecule has 0 aliphatic heterocycles. The van der Waals surface area contributed by atoms with Crippen LogP contribution in [-0.4, -0.2) is 20.1 Å². The molecule has 5 heteroatoms. The van der Waals surface area contributed by atoms with Crippen molar-refractivity contribution < 1.29 is 9.84 Å². The molecule has 5 nitrogen and oxygen atoms in total. The molecule has 0 bridgehead atoms. The molecule has 1 aromatic heterocycles. The van der Waals surface area contributed by atoms with Crippen LogP contribution in [0.5, 0.6) is 5.75 Å². The topological polar surface area (TPSA) is 60.2 Å². The van der Waals surface area contributed by atoms with Gasteiger partial charge in [0.2, 0.25) is 0 Å². The van der Waals surface area contributed by atoms with Gasteiger partial charge < -0.3 is 9.84 Å². The third-order valence-electron chi connectivity index (χ3n) is 4.06. The number of nitrogens with zero attached hydrogens (tertiary/aromatic N) is 3. The van der Waals surface area contributed by atoms with Crippen molar-refractivity contribution in [1.29, 1.82) is 0 Å². The minimum atomic E-state index is -0.0238. The fourth-order valence-corrected chi connectivity index (χ4v) is 2.85. The van der Waals surface area contributed by atoms with Crippen LogP contribution in [0.4, 0.5) is 0 Å². The van der Waals surface area contributed by atoms with E-state index in [1.165, 1.54) is 0 Å². The summed E-state index contributed by atoms with van der Waals surface area (Å²) in [4.78, 5) is 0. The summed E-state index contributed by atoms with van der Waals surface area (Å²) in [6.45, 7) is 0.947. The van der Waals surface area contributed by atoms with Gasteiger partial charge in [-0.1, -0.05) is 35.6 Å². The van der Waals surface area contributed by atoms with Crippen LogP contribution < -0.4 is 4.74 Å². The molecule has 1 N–H and O–H groups in total. The smallest absolute Gasteiger partial charge is 0.134 e. The van der Waals surface area contributed by atoms with Gasteiger partial charge in [-0.05, 0) is 40.6 Å². The Bertz CT molecular complexity index is 1010. The lowest BCUT2D eigenvalue weighted by molar-refractivity contribution is 0.279. The van der Waals surface area contributed by atoms with Crippen molar-refractivity contribution in [2.75, 3.05) is 0 Å². The van der Waals surface area contributed by atoms with Crippen LogP contribution in [0.2, 0.25) is 0 Å². The van der Waals surface area contributed by atoms with Crippen molar-refractivity contribution in [3.05, 3.63) is 83.4 Å². The van der Waals surface area contributed by atoms with Crippen LogP contribution in [0, 0.1) is 0 Å². The number of hydrogen-bond acceptors (Lipinski definition) is 4. The fraction of sp³-hybridized carbons (Fsp3) is 0.150. The van der Waals surface area contributed by atoms with E-state index in [0.29, 0.717) is 18.9 Å². The highest BCUT2D eigenvalue weighted by atomic mass is 16.5. The van der Waals surface area contributed by atoms with Gasteiger partial charge >= 0.3 is 0 Å². The molecule has 0 saturated heterocycles. The van der Waals surface area contributed by atoms with Crippen LogP contribution in [-0.2, 0) is 19.8 Å². The Labute approximate surface area is 145 Å². The maximum absolute atomic E-state index is 9.59. The second kappa shape index (κ2) is 6.77. The van der Waals surface area contributed by atoms with Crippen molar-refractivity contribution in [1.82, 2.24) is 15.0 Å². The average molecular weight is 331 g/mol. The second-order valence-corrected chi connectivity index (χ2v) is 5.85. The summed E-state index contributed by atoms with van der Waals surface area (Å²) in [5.41, 5.74) is 5.81. The third kappa shape index (κ3) is 3.38. The highest BCUT2D eigenvalue weighted by Crippen LogP contribution is 2.26. The normalized spacial score (nSPS) is 12.8. The summed E-state index contributed by atoms with van der Waals surface area (Å²) in [7, 11) is 0. The Hall–Kier alpha value is -3.14. The molecule has 0 spiro atoms. The van der Waals surface area contributed by atoms with Crippen LogP contribution in [0.3, 0.4) is 0 Å². The zero-order valence-corrected chi connectivity index (χ0v) is 13.6. The maximum atomic E-state index is 9.59. The van der Waals surface area contributed by atoms with E-state index in [1.54, 1.807) is 4.68 Å². The molecular weight excluding hydrogens is 314 g/mol. The van der Waals surface area contributed by atoms with Crippen LogP contribution in [0.25, 0.3) is 10.8 Å². The number of ether oxygens (including phenoxy) is 1. The molecule has 4 rings (SSSR count). The largest absolute Gasteiger partial charge is 0.487 e. The van der Waals surface area contributed by atoms with Gasteiger partial charge in [0.25, 0.3) is 0 Å².